The Labute approximate surface area is 81.8 Å². The molecule has 0 aliphatic rings. The molecule has 2 aromatic rings. The van der Waals surface area contributed by atoms with Gasteiger partial charge in [-0.3, -0.25) is 0 Å². The Kier molecular flexibility index (Phi) is 2.62. The predicted octanol–water partition coefficient (Wildman–Crippen LogP) is 2.26. The highest BCUT2D eigenvalue weighted by Gasteiger charge is 2.05. The Balaban J connectivity index is 2.34. The van der Waals surface area contributed by atoms with E-state index in [9.17, 15) is 4.57 Å². The lowest BCUT2D eigenvalue weighted by Gasteiger charge is -1.97. The van der Waals surface area contributed by atoms with Crippen molar-refractivity contribution in [2.45, 2.75) is 0 Å². The summed E-state index contributed by atoms with van der Waals surface area (Å²) in [7, 11) is -1.73. The third-order valence-electron chi connectivity index (χ3n) is 1.78. The van der Waals surface area contributed by atoms with Gasteiger partial charge in [0.25, 0.3) is 0 Å². The summed E-state index contributed by atoms with van der Waals surface area (Å²) in [6, 6.07) is 13.5. The van der Waals surface area contributed by atoms with Crippen LogP contribution in [0.15, 0.2) is 47.8 Å². The number of benzene rings is 1. The molecule has 0 amide bonds. The highest BCUT2D eigenvalue weighted by Crippen LogP contribution is 2.21. The van der Waals surface area contributed by atoms with Gasteiger partial charge >= 0.3 is 0 Å². The fourth-order valence-corrected chi connectivity index (χ4v) is 3.61. The van der Waals surface area contributed by atoms with Crippen LogP contribution >= 0.6 is 19.1 Å². The van der Waals surface area contributed by atoms with E-state index in [1.54, 1.807) is 11.3 Å². The summed E-state index contributed by atoms with van der Waals surface area (Å²) in [6.45, 7) is 0. The van der Waals surface area contributed by atoms with Gasteiger partial charge in [0.05, 0.1) is 4.62 Å². The molecule has 0 bridgehead atoms. The van der Waals surface area contributed by atoms with Gasteiger partial charge in [0, 0.05) is 5.30 Å². The average molecular weight is 208 g/mol. The predicted molar refractivity (Wildman–Crippen MR) is 59.0 cm³/mol. The molecule has 0 spiro atoms. The van der Waals surface area contributed by atoms with Gasteiger partial charge in [-0.1, -0.05) is 36.4 Å². The molecule has 1 atom stereocenters. The van der Waals surface area contributed by atoms with Gasteiger partial charge in [0.1, 0.15) is 7.80 Å². The highest BCUT2D eigenvalue weighted by molar-refractivity contribution is 7.67. The van der Waals surface area contributed by atoms with E-state index >= 15 is 0 Å². The van der Waals surface area contributed by atoms with Crippen molar-refractivity contribution in [2.75, 3.05) is 0 Å². The van der Waals surface area contributed by atoms with E-state index in [2.05, 4.69) is 0 Å². The lowest BCUT2D eigenvalue weighted by Crippen LogP contribution is -2.01. The Bertz CT molecular complexity index is 394. The van der Waals surface area contributed by atoms with E-state index < -0.39 is 7.80 Å². The van der Waals surface area contributed by atoms with Crippen molar-refractivity contribution in [2.24, 2.45) is 0 Å². The SMILES string of the molecule is O=[PH](c1ccccc1)c1cccs1. The summed E-state index contributed by atoms with van der Waals surface area (Å²) in [5, 5.41) is 2.90. The van der Waals surface area contributed by atoms with Crippen molar-refractivity contribution in [1.82, 2.24) is 0 Å². The van der Waals surface area contributed by atoms with E-state index in [1.165, 1.54) is 0 Å². The van der Waals surface area contributed by atoms with Crippen molar-refractivity contribution in [3.05, 3.63) is 47.8 Å². The Morgan fingerprint density at radius 2 is 1.77 bits per heavy atom. The molecule has 0 radical (unpaired) electrons. The minimum atomic E-state index is -1.73. The minimum absolute atomic E-state index is 0.940. The van der Waals surface area contributed by atoms with Gasteiger partial charge in [-0.15, -0.1) is 11.3 Å². The molecule has 0 saturated carbocycles. The first-order valence-electron chi connectivity index (χ1n) is 4.01. The number of hydrogen-bond acceptors (Lipinski definition) is 2. The van der Waals surface area contributed by atoms with Gasteiger partial charge in [-0.05, 0) is 11.4 Å². The van der Waals surface area contributed by atoms with E-state index in [0.29, 0.717) is 0 Å². The Morgan fingerprint density at radius 3 is 2.38 bits per heavy atom. The summed E-state index contributed by atoms with van der Waals surface area (Å²) >= 11 is 1.56. The van der Waals surface area contributed by atoms with Crippen LogP contribution in [0.3, 0.4) is 0 Å². The van der Waals surface area contributed by atoms with Crippen LogP contribution in [0.1, 0.15) is 0 Å². The second kappa shape index (κ2) is 3.91. The van der Waals surface area contributed by atoms with Crippen molar-refractivity contribution in [1.29, 1.82) is 0 Å². The molecule has 1 unspecified atom stereocenters. The van der Waals surface area contributed by atoms with Crippen molar-refractivity contribution < 1.29 is 4.57 Å². The first-order chi connectivity index (χ1) is 6.38. The molecule has 1 nitrogen and oxygen atoms in total. The first-order valence-corrected chi connectivity index (χ1v) is 6.30. The van der Waals surface area contributed by atoms with Crippen LogP contribution in [-0.4, -0.2) is 0 Å². The topological polar surface area (TPSA) is 17.1 Å². The zero-order chi connectivity index (χ0) is 9.10. The molecule has 13 heavy (non-hydrogen) atoms. The molecule has 66 valence electrons. The van der Waals surface area contributed by atoms with E-state index in [1.807, 2.05) is 47.8 Å². The maximum absolute atomic E-state index is 11.9. The third kappa shape index (κ3) is 1.90. The van der Waals surface area contributed by atoms with Gasteiger partial charge < -0.3 is 4.57 Å². The molecular weight excluding hydrogens is 199 g/mol. The lowest BCUT2D eigenvalue weighted by molar-refractivity contribution is 0.598. The van der Waals surface area contributed by atoms with E-state index in [-0.39, 0.29) is 0 Å². The second-order valence-electron chi connectivity index (χ2n) is 2.67. The fourth-order valence-electron chi connectivity index (χ4n) is 1.14. The average Bonchev–Trinajstić information content (AvgIpc) is 2.71. The quantitative estimate of drug-likeness (QED) is 0.692. The molecule has 0 saturated heterocycles. The largest absolute Gasteiger partial charge is 0.316 e. The van der Waals surface area contributed by atoms with Crippen LogP contribution in [0.5, 0.6) is 0 Å². The Morgan fingerprint density at radius 1 is 1.00 bits per heavy atom. The summed E-state index contributed by atoms with van der Waals surface area (Å²) in [6.07, 6.45) is 0. The third-order valence-corrected chi connectivity index (χ3v) is 4.85. The highest BCUT2D eigenvalue weighted by atomic mass is 32.1. The van der Waals surface area contributed by atoms with Gasteiger partial charge in [0.2, 0.25) is 0 Å². The van der Waals surface area contributed by atoms with Crippen LogP contribution in [0.2, 0.25) is 0 Å². The van der Waals surface area contributed by atoms with Gasteiger partial charge in [-0.2, -0.15) is 0 Å². The fraction of sp³-hybridized carbons (Fsp3) is 0. The summed E-state index contributed by atoms with van der Waals surface area (Å²) < 4.78 is 12.9. The summed E-state index contributed by atoms with van der Waals surface area (Å²) in [5.41, 5.74) is 0. The molecule has 1 aromatic heterocycles. The molecule has 0 aliphatic heterocycles. The molecule has 1 aromatic carbocycles. The van der Waals surface area contributed by atoms with Gasteiger partial charge in [0.15, 0.2) is 0 Å². The first kappa shape index (κ1) is 8.74. The smallest absolute Gasteiger partial charge is 0.141 e. The van der Waals surface area contributed by atoms with Crippen molar-refractivity contribution in [3.63, 3.8) is 0 Å². The molecule has 3 heteroatoms. The Hall–Kier alpha value is -0.850. The standard InChI is InChI=1S/C10H9OPS/c11-12(10-7-4-8-13-10)9-5-2-1-3-6-9/h1-8,12H. The maximum Gasteiger partial charge on any atom is 0.141 e. The van der Waals surface area contributed by atoms with Crippen molar-refractivity contribution >= 4 is 29.1 Å². The maximum atomic E-state index is 11.9. The summed E-state index contributed by atoms with van der Waals surface area (Å²) in [4.78, 5) is 0. The van der Waals surface area contributed by atoms with Gasteiger partial charge in [-0.25, -0.2) is 0 Å². The molecular formula is C10H9OPS. The lowest BCUT2D eigenvalue weighted by atomic mass is 10.4. The van der Waals surface area contributed by atoms with Crippen molar-refractivity contribution in [3.8, 4) is 0 Å². The molecule has 1 heterocycles. The van der Waals surface area contributed by atoms with Crippen LogP contribution < -0.4 is 9.92 Å². The monoisotopic (exact) mass is 208 g/mol. The normalized spacial score (nSPS) is 12.6. The number of rotatable bonds is 2. The zero-order valence-electron chi connectivity index (χ0n) is 6.94. The molecule has 0 fully saturated rings. The molecule has 0 N–H and O–H groups in total. The molecule has 2 rings (SSSR count). The second-order valence-corrected chi connectivity index (χ2v) is 5.76. The number of thiophene rings is 1. The summed E-state index contributed by atoms with van der Waals surface area (Å²) in [5.74, 6) is 0. The zero-order valence-corrected chi connectivity index (χ0v) is 8.75. The van der Waals surface area contributed by atoms with Crippen LogP contribution in [-0.2, 0) is 4.57 Å². The number of hydrogen-bond donors (Lipinski definition) is 0. The van der Waals surface area contributed by atoms with Crippen LogP contribution in [0.4, 0.5) is 0 Å². The molecule has 0 aliphatic carbocycles. The van der Waals surface area contributed by atoms with E-state index in [0.717, 1.165) is 9.92 Å². The van der Waals surface area contributed by atoms with Crippen LogP contribution in [0, 0.1) is 0 Å². The van der Waals surface area contributed by atoms with Crippen LogP contribution in [0.25, 0.3) is 0 Å². The minimum Gasteiger partial charge on any atom is -0.316 e. The van der Waals surface area contributed by atoms with E-state index in [4.69, 9.17) is 0 Å².